The number of carbonyl (C=O) groups is 1. The molecule has 0 saturated carbocycles. The first kappa shape index (κ1) is 13.8. The lowest BCUT2D eigenvalue weighted by atomic mass is 9.97. The molecule has 2 heteroatoms. The minimum absolute atomic E-state index is 0.233. The summed E-state index contributed by atoms with van der Waals surface area (Å²) in [6.07, 6.45) is 1.25. The number of aliphatic hydroxyl groups is 1. The number of carbonyl (C=O) groups excluding carboxylic acids is 1. The van der Waals surface area contributed by atoms with Crippen LogP contribution in [0.1, 0.15) is 38.7 Å². The van der Waals surface area contributed by atoms with Gasteiger partial charge in [0.2, 0.25) is 0 Å². The van der Waals surface area contributed by atoms with E-state index in [2.05, 4.69) is 0 Å². The molecule has 0 bridgehead atoms. The van der Waals surface area contributed by atoms with Crippen molar-refractivity contribution >= 4 is 6.29 Å². The van der Waals surface area contributed by atoms with E-state index < -0.39 is 0 Å². The zero-order valence-electron chi connectivity index (χ0n) is 9.68. The molecular formula is C13H20O2. The van der Waals surface area contributed by atoms with E-state index in [1.807, 2.05) is 51.1 Å². The van der Waals surface area contributed by atoms with Crippen LogP contribution in [-0.4, -0.2) is 17.5 Å². The summed E-state index contributed by atoms with van der Waals surface area (Å²) in [6.45, 7) is 5.66. The van der Waals surface area contributed by atoms with Gasteiger partial charge in [0.05, 0.1) is 6.10 Å². The van der Waals surface area contributed by atoms with Crippen molar-refractivity contribution in [3.63, 3.8) is 0 Å². The molecule has 1 aromatic rings. The molecule has 0 heterocycles. The molecule has 15 heavy (non-hydrogen) atoms. The molecule has 0 fully saturated rings. The van der Waals surface area contributed by atoms with Gasteiger partial charge in [0.25, 0.3) is 0 Å². The number of aldehydes is 1. The Balaban J connectivity index is 0.000000423. The molecule has 0 radical (unpaired) electrons. The van der Waals surface area contributed by atoms with Gasteiger partial charge >= 0.3 is 0 Å². The second-order valence-corrected chi connectivity index (χ2v) is 3.51. The third kappa shape index (κ3) is 6.02. The largest absolute Gasteiger partial charge is 0.393 e. The molecule has 0 spiro atoms. The normalized spacial score (nSPS) is 13.3. The molecule has 1 rings (SSSR count). The van der Waals surface area contributed by atoms with Crippen LogP contribution < -0.4 is 0 Å². The maximum atomic E-state index is 9.27. The van der Waals surface area contributed by atoms with Crippen LogP contribution in [0.3, 0.4) is 0 Å². The first-order chi connectivity index (χ1) is 7.13. The van der Waals surface area contributed by atoms with Crippen LogP contribution in [0.5, 0.6) is 0 Å². The lowest BCUT2D eigenvalue weighted by Gasteiger charge is -2.14. The molecule has 2 atom stereocenters. The molecule has 0 aliphatic heterocycles. The Morgan fingerprint density at radius 3 is 2.07 bits per heavy atom. The Bertz CT molecular complexity index is 254. The molecule has 1 N–H and O–H groups in total. The number of rotatable bonds is 3. The van der Waals surface area contributed by atoms with Crippen molar-refractivity contribution < 1.29 is 9.90 Å². The summed E-state index contributed by atoms with van der Waals surface area (Å²) in [5, 5.41) is 9.27. The van der Waals surface area contributed by atoms with Crippen LogP contribution >= 0.6 is 0 Å². The minimum atomic E-state index is -0.266. The smallest absolute Gasteiger partial charge is 0.119 e. The van der Waals surface area contributed by atoms with Crippen molar-refractivity contribution in [3.8, 4) is 0 Å². The highest BCUT2D eigenvalue weighted by Gasteiger charge is 2.09. The van der Waals surface area contributed by atoms with Gasteiger partial charge < -0.3 is 9.90 Å². The van der Waals surface area contributed by atoms with Gasteiger partial charge in [-0.25, -0.2) is 0 Å². The van der Waals surface area contributed by atoms with Crippen molar-refractivity contribution in [1.82, 2.24) is 0 Å². The predicted molar refractivity (Wildman–Crippen MR) is 62.9 cm³/mol. The highest BCUT2D eigenvalue weighted by atomic mass is 16.3. The first-order valence-electron chi connectivity index (χ1n) is 5.30. The summed E-state index contributed by atoms with van der Waals surface area (Å²) in [7, 11) is 0. The van der Waals surface area contributed by atoms with E-state index in [9.17, 15) is 9.90 Å². The number of hydrogen-bond donors (Lipinski definition) is 1. The first-order valence-corrected chi connectivity index (χ1v) is 5.30. The van der Waals surface area contributed by atoms with E-state index in [1.54, 1.807) is 0 Å². The second kappa shape index (κ2) is 8.18. The molecule has 0 aliphatic rings. The average molecular weight is 208 g/mol. The van der Waals surface area contributed by atoms with E-state index in [4.69, 9.17) is 0 Å². The predicted octanol–water partition coefficient (Wildman–Crippen LogP) is 2.77. The Morgan fingerprint density at radius 1 is 1.27 bits per heavy atom. The quantitative estimate of drug-likeness (QED) is 0.775. The van der Waals surface area contributed by atoms with Crippen LogP contribution in [0.25, 0.3) is 0 Å². The van der Waals surface area contributed by atoms with Crippen LogP contribution in [-0.2, 0) is 4.79 Å². The lowest BCUT2D eigenvalue weighted by molar-refractivity contribution is -0.107. The lowest BCUT2D eigenvalue weighted by Crippen LogP contribution is -2.10. The third-order valence-electron chi connectivity index (χ3n) is 2.22. The van der Waals surface area contributed by atoms with Gasteiger partial charge in [-0.05, 0) is 12.5 Å². The van der Waals surface area contributed by atoms with Gasteiger partial charge in [0.1, 0.15) is 6.29 Å². The van der Waals surface area contributed by atoms with Crippen molar-refractivity contribution in [2.45, 2.75) is 39.2 Å². The van der Waals surface area contributed by atoms with Gasteiger partial charge in [-0.15, -0.1) is 0 Å². The van der Waals surface area contributed by atoms with Crippen molar-refractivity contribution in [2.75, 3.05) is 0 Å². The van der Waals surface area contributed by atoms with Crippen LogP contribution in [0, 0.1) is 0 Å². The Kier molecular flexibility index (Phi) is 7.56. The molecule has 0 amide bonds. The fourth-order valence-corrected chi connectivity index (χ4v) is 1.04. The van der Waals surface area contributed by atoms with Crippen molar-refractivity contribution in [3.05, 3.63) is 35.9 Å². The maximum absolute atomic E-state index is 9.27. The molecule has 2 nitrogen and oxygen atoms in total. The van der Waals surface area contributed by atoms with Crippen LogP contribution in [0.2, 0.25) is 0 Å². The summed E-state index contributed by atoms with van der Waals surface area (Å²) in [5.41, 5.74) is 1.20. The second-order valence-electron chi connectivity index (χ2n) is 3.51. The third-order valence-corrected chi connectivity index (χ3v) is 2.22. The summed E-state index contributed by atoms with van der Waals surface area (Å²) >= 11 is 0. The number of aliphatic hydroxyl groups excluding tert-OH is 1. The number of hydrogen-bond acceptors (Lipinski definition) is 2. The summed E-state index contributed by atoms with van der Waals surface area (Å²) in [5.74, 6) is 0.233. The van der Waals surface area contributed by atoms with Gasteiger partial charge in [-0.2, -0.15) is 0 Å². The van der Waals surface area contributed by atoms with Gasteiger partial charge in [0, 0.05) is 12.3 Å². The van der Waals surface area contributed by atoms with Gasteiger partial charge in [-0.1, -0.05) is 44.2 Å². The molecular weight excluding hydrogens is 188 g/mol. The summed E-state index contributed by atoms with van der Waals surface area (Å²) in [6, 6.07) is 10.1. The van der Waals surface area contributed by atoms with E-state index >= 15 is 0 Å². The minimum Gasteiger partial charge on any atom is -0.393 e. The molecule has 0 aromatic heterocycles. The highest BCUT2D eigenvalue weighted by molar-refractivity contribution is 5.48. The van der Waals surface area contributed by atoms with Crippen LogP contribution in [0.4, 0.5) is 0 Å². The fourth-order valence-electron chi connectivity index (χ4n) is 1.04. The maximum Gasteiger partial charge on any atom is 0.119 e. The zero-order chi connectivity index (χ0) is 11.7. The zero-order valence-corrected chi connectivity index (χ0v) is 9.68. The molecule has 1 aromatic carbocycles. The van der Waals surface area contributed by atoms with Crippen molar-refractivity contribution in [1.29, 1.82) is 0 Å². The summed E-state index contributed by atoms with van der Waals surface area (Å²) in [4.78, 5) is 9.17. The highest BCUT2D eigenvalue weighted by Crippen LogP contribution is 2.17. The molecule has 2 unspecified atom stereocenters. The van der Waals surface area contributed by atoms with Crippen molar-refractivity contribution in [2.24, 2.45) is 0 Å². The Labute approximate surface area is 91.9 Å². The summed E-state index contributed by atoms with van der Waals surface area (Å²) < 4.78 is 0. The standard InChI is InChI=1S/C10H14O.C3H6O/c1-8(9(2)11)10-6-4-3-5-7-10;1-2-3-4/h3-9,11H,1-2H3;3H,2H2,1H3. The monoisotopic (exact) mass is 208 g/mol. The number of benzene rings is 1. The average Bonchev–Trinajstić information content (AvgIpc) is 2.29. The van der Waals surface area contributed by atoms with E-state index in [0.717, 1.165) is 6.29 Å². The Hall–Kier alpha value is -1.15. The fraction of sp³-hybridized carbons (Fsp3) is 0.462. The van der Waals surface area contributed by atoms with E-state index in [0.29, 0.717) is 6.42 Å². The SMILES string of the molecule is CC(O)C(C)c1ccccc1.CCC=O. The van der Waals surface area contributed by atoms with Crippen LogP contribution in [0.15, 0.2) is 30.3 Å². The van der Waals surface area contributed by atoms with E-state index in [1.165, 1.54) is 5.56 Å². The molecule has 0 aliphatic carbocycles. The molecule has 0 saturated heterocycles. The Morgan fingerprint density at radius 2 is 1.73 bits per heavy atom. The molecule has 84 valence electrons. The van der Waals surface area contributed by atoms with Gasteiger partial charge in [0.15, 0.2) is 0 Å². The van der Waals surface area contributed by atoms with E-state index in [-0.39, 0.29) is 12.0 Å². The van der Waals surface area contributed by atoms with Gasteiger partial charge in [-0.3, -0.25) is 0 Å². The topological polar surface area (TPSA) is 37.3 Å².